The summed E-state index contributed by atoms with van der Waals surface area (Å²) in [5.41, 5.74) is 3.11. The van der Waals surface area contributed by atoms with E-state index in [-0.39, 0.29) is 10.8 Å². The van der Waals surface area contributed by atoms with Crippen LogP contribution in [0.1, 0.15) is 23.6 Å². The van der Waals surface area contributed by atoms with Crippen LogP contribution in [-0.4, -0.2) is 25.7 Å². The Balaban J connectivity index is 2.35. The minimum absolute atomic E-state index is 0.199. The van der Waals surface area contributed by atoms with Crippen LogP contribution in [0.4, 0.5) is 5.69 Å². The van der Waals surface area contributed by atoms with Crippen LogP contribution in [0.3, 0.4) is 0 Å². The summed E-state index contributed by atoms with van der Waals surface area (Å²) in [5.74, 6) is -0.240. The maximum absolute atomic E-state index is 12.9. The standard InChI is InChI=1S/C18H22N2O3S/c1-13-7-5-6-8-16(13)12-20(4)24(22,23)18-11-17(19-15(3)21)10-9-14(18)2/h5-11H,12H2,1-4H3,(H,19,21). The molecule has 0 aromatic heterocycles. The molecule has 0 aliphatic heterocycles. The van der Waals surface area contributed by atoms with E-state index in [4.69, 9.17) is 0 Å². The molecule has 0 radical (unpaired) electrons. The van der Waals surface area contributed by atoms with Gasteiger partial charge in [-0.25, -0.2) is 8.42 Å². The fourth-order valence-corrected chi connectivity index (χ4v) is 3.83. The topological polar surface area (TPSA) is 66.5 Å². The Morgan fingerprint density at radius 2 is 1.75 bits per heavy atom. The first-order valence-corrected chi connectivity index (χ1v) is 9.05. The molecule has 0 fully saturated rings. The van der Waals surface area contributed by atoms with Gasteiger partial charge in [-0.2, -0.15) is 4.31 Å². The molecular weight excluding hydrogens is 324 g/mol. The van der Waals surface area contributed by atoms with E-state index in [1.54, 1.807) is 26.1 Å². The lowest BCUT2D eigenvalue weighted by Crippen LogP contribution is -2.27. The Hall–Kier alpha value is -2.18. The van der Waals surface area contributed by atoms with Crippen LogP contribution in [0.15, 0.2) is 47.4 Å². The summed E-state index contributed by atoms with van der Waals surface area (Å²) in [6, 6.07) is 12.6. The van der Waals surface area contributed by atoms with Crippen LogP contribution in [0.25, 0.3) is 0 Å². The molecular formula is C18H22N2O3S. The SMILES string of the molecule is CC(=O)Nc1ccc(C)c(S(=O)(=O)N(C)Cc2ccccc2C)c1. The predicted octanol–water partition coefficient (Wildman–Crippen LogP) is 3.08. The third kappa shape index (κ3) is 4.01. The van der Waals surface area contributed by atoms with Gasteiger partial charge in [0.1, 0.15) is 0 Å². The number of sulfonamides is 1. The van der Waals surface area contributed by atoms with Crippen molar-refractivity contribution in [3.63, 3.8) is 0 Å². The monoisotopic (exact) mass is 346 g/mol. The molecule has 0 aliphatic rings. The summed E-state index contributed by atoms with van der Waals surface area (Å²) in [6.07, 6.45) is 0. The van der Waals surface area contributed by atoms with E-state index < -0.39 is 10.0 Å². The van der Waals surface area contributed by atoms with Gasteiger partial charge in [0.05, 0.1) is 4.90 Å². The second kappa shape index (κ2) is 7.15. The molecule has 1 N–H and O–H groups in total. The quantitative estimate of drug-likeness (QED) is 0.905. The second-order valence-corrected chi connectivity index (χ2v) is 7.86. The highest BCUT2D eigenvalue weighted by Gasteiger charge is 2.23. The van der Waals surface area contributed by atoms with Gasteiger partial charge in [-0.1, -0.05) is 30.3 Å². The normalized spacial score (nSPS) is 11.5. The molecule has 0 spiro atoms. The number of hydrogen-bond acceptors (Lipinski definition) is 3. The summed E-state index contributed by atoms with van der Waals surface area (Å²) in [4.78, 5) is 11.4. The van der Waals surface area contributed by atoms with Crippen molar-refractivity contribution in [2.75, 3.05) is 12.4 Å². The van der Waals surface area contributed by atoms with Gasteiger partial charge in [-0.15, -0.1) is 0 Å². The molecule has 2 aromatic carbocycles. The molecule has 0 saturated heterocycles. The highest BCUT2D eigenvalue weighted by Crippen LogP contribution is 2.24. The summed E-state index contributed by atoms with van der Waals surface area (Å²) in [6.45, 7) is 5.38. The Bertz CT molecular complexity index is 860. The third-order valence-corrected chi connectivity index (χ3v) is 5.80. The van der Waals surface area contributed by atoms with Gasteiger partial charge >= 0.3 is 0 Å². The first kappa shape index (κ1) is 18.2. The zero-order valence-electron chi connectivity index (χ0n) is 14.3. The van der Waals surface area contributed by atoms with Crippen LogP contribution in [-0.2, 0) is 21.4 Å². The van der Waals surface area contributed by atoms with Crippen LogP contribution in [0.2, 0.25) is 0 Å². The van der Waals surface area contributed by atoms with Crippen molar-refractivity contribution in [3.05, 3.63) is 59.2 Å². The van der Waals surface area contributed by atoms with Crippen molar-refractivity contribution < 1.29 is 13.2 Å². The lowest BCUT2D eigenvalue weighted by molar-refractivity contribution is -0.114. The molecule has 0 aliphatic carbocycles. The molecule has 0 unspecified atom stereocenters. The fraction of sp³-hybridized carbons (Fsp3) is 0.278. The van der Waals surface area contributed by atoms with Crippen LogP contribution in [0.5, 0.6) is 0 Å². The molecule has 0 atom stereocenters. The molecule has 5 nitrogen and oxygen atoms in total. The highest BCUT2D eigenvalue weighted by atomic mass is 32.2. The first-order valence-electron chi connectivity index (χ1n) is 7.61. The van der Waals surface area contributed by atoms with Crippen molar-refractivity contribution in [2.45, 2.75) is 32.2 Å². The van der Waals surface area contributed by atoms with Crippen molar-refractivity contribution in [2.24, 2.45) is 0 Å². The predicted molar refractivity (Wildman–Crippen MR) is 95.3 cm³/mol. The van der Waals surface area contributed by atoms with E-state index >= 15 is 0 Å². The average Bonchev–Trinajstić information content (AvgIpc) is 2.50. The number of nitrogens with one attached hydrogen (secondary N) is 1. The number of amides is 1. The van der Waals surface area contributed by atoms with E-state index in [0.717, 1.165) is 11.1 Å². The Labute approximate surface area is 143 Å². The average molecular weight is 346 g/mol. The molecule has 0 saturated carbocycles. The van der Waals surface area contributed by atoms with E-state index in [9.17, 15) is 13.2 Å². The highest BCUT2D eigenvalue weighted by molar-refractivity contribution is 7.89. The van der Waals surface area contributed by atoms with Crippen molar-refractivity contribution in [3.8, 4) is 0 Å². The van der Waals surface area contributed by atoms with Gasteiger partial charge in [0.25, 0.3) is 0 Å². The summed E-state index contributed by atoms with van der Waals surface area (Å²) in [7, 11) is -2.10. The minimum Gasteiger partial charge on any atom is -0.326 e. The van der Waals surface area contributed by atoms with Gasteiger partial charge in [0.2, 0.25) is 15.9 Å². The largest absolute Gasteiger partial charge is 0.326 e. The minimum atomic E-state index is -3.66. The summed E-state index contributed by atoms with van der Waals surface area (Å²) < 4.78 is 27.2. The van der Waals surface area contributed by atoms with E-state index in [2.05, 4.69) is 5.32 Å². The molecule has 0 heterocycles. The Morgan fingerprint density at radius 1 is 1.08 bits per heavy atom. The first-order chi connectivity index (χ1) is 11.2. The number of carbonyl (C=O) groups is 1. The zero-order chi connectivity index (χ0) is 17.9. The number of rotatable bonds is 5. The van der Waals surface area contributed by atoms with E-state index in [0.29, 0.717) is 17.8 Å². The number of benzene rings is 2. The van der Waals surface area contributed by atoms with Gasteiger partial charge in [-0.05, 0) is 42.7 Å². The van der Waals surface area contributed by atoms with E-state index in [1.807, 2.05) is 31.2 Å². The van der Waals surface area contributed by atoms with Gasteiger partial charge in [-0.3, -0.25) is 4.79 Å². The maximum atomic E-state index is 12.9. The number of nitrogens with zero attached hydrogens (tertiary/aromatic N) is 1. The Morgan fingerprint density at radius 3 is 2.38 bits per heavy atom. The molecule has 24 heavy (non-hydrogen) atoms. The molecule has 128 valence electrons. The van der Waals surface area contributed by atoms with Gasteiger partial charge in [0, 0.05) is 26.2 Å². The summed E-state index contributed by atoms with van der Waals surface area (Å²) in [5, 5.41) is 2.62. The van der Waals surface area contributed by atoms with Gasteiger partial charge < -0.3 is 5.32 Å². The molecule has 2 aromatic rings. The van der Waals surface area contributed by atoms with Crippen molar-refractivity contribution in [1.82, 2.24) is 4.31 Å². The third-order valence-electron chi connectivity index (χ3n) is 3.85. The lowest BCUT2D eigenvalue weighted by atomic mass is 10.1. The Kier molecular flexibility index (Phi) is 5.41. The van der Waals surface area contributed by atoms with Crippen LogP contribution < -0.4 is 5.32 Å². The summed E-state index contributed by atoms with van der Waals surface area (Å²) >= 11 is 0. The molecule has 2 rings (SSSR count). The molecule has 6 heteroatoms. The zero-order valence-corrected chi connectivity index (χ0v) is 15.1. The number of anilines is 1. The smallest absolute Gasteiger partial charge is 0.243 e. The number of carbonyl (C=O) groups excluding carboxylic acids is 1. The lowest BCUT2D eigenvalue weighted by Gasteiger charge is -2.20. The fourth-order valence-electron chi connectivity index (χ4n) is 2.44. The van der Waals surface area contributed by atoms with Crippen molar-refractivity contribution in [1.29, 1.82) is 0 Å². The van der Waals surface area contributed by atoms with Crippen LogP contribution in [0, 0.1) is 13.8 Å². The number of hydrogen-bond donors (Lipinski definition) is 1. The van der Waals surface area contributed by atoms with E-state index in [1.165, 1.54) is 17.3 Å². The second-order valence-electron chi connectivity index (χ2n) is 5.85. The molecule has 0 bridgehead atoms. The molecule has 1 amide bonds. The maximum Gasteiger partial charge on any atom is 0.243 e. The van der Waals surface area contributed by atoms with Crippen molar-refractivity contribution >= 4 is 21.6 Å². The van der Waals surface area contributed by atoms with Gasteiger partial charge in [0.15, 0.2) is 0 Å². The van der Waals surface area contributed by atoms with Crippen LogP contribution >= 0.6 is 0 Å². The number of aryl methyl sites for hydroxylation is 2.